The Morgan fingerprint density at radius 1 is 1.27 bits per heavy atom. The third-order valence-corrected chi connectivity index (χ3v) is 3.38. The highest BCUT2D eigenvalue weighted by Gasteiger charge is 2.20. The van der Waals surface area contributed by atoms with Crippen LogP contribution >= 0.6 is 0 Å². The molecule has 0 aliphatic rings. The fourth-order valence-electron chi connectivity index (χ4n) is 2.29. The van der Waals surface area contributed by atoms with Gasteiger partial charge >= 0.3 is 12.1 Å². The average molecular weight is 361 g/mol. The van der Waals surface area contributed by atoms with Crippen LogP contribution in [0.1, 0.15) is 42.6 Å². The second kappa shape index (κ2) is 8.41. The fourth-order valence-corrected chi connectivity index (χ4v) is 2.29. The molecule has 0 bridgehead atoms. The topological polar surface area (TPSA) is 119 Å². The molecule has 9 nitrogen and oxygen atoms in total. The van der Waals surface area contributed by atoms with Crippen molar-refractivity contribution in [2.24, 2.45) is 0 Å². The Kier molecular flexibility index (Phi) is 6.26. The normalized spacial score (nSPS) is 11.2. The molecule has 2 rings (SSSR count). The van der Waals surface area contributed by atoms with E-state index < -0.39 is 17.7 Å². The van der Waals surface area contributed by atoms with Gasteiger partial charge in [-0.05, 0) is 32.9 Å². The van der Waals surface area contributed by atoms with Crippen LogP contribution in [-0.4, -0.2) is 49.3 Å². The smallest absolute Gasteiger partial charge is 0.407 e. The number of carboxylic acid groups (broad SMARTS) is 1. The largest absolute Gasteiger partial charge is 0.476 e. The van der Waals surface area contributed by atoms with Gasteiger partial charge in [0.2, 0.25) is 0 Å². The molecule has 2 N–H and O–H groups in total. The van der Waals surface area contributed by atoms with Crippen LogP contribution < -0.4 is 5.32 Å². The number of aromatic carboxylic acids is 1. The Morgan fingerprint density at radius 3 is 2.65 bits per heavy atom. The minimum Gasteiger partial charge on any atom is -0.476 e. The minimum absolute atomic E-state index is 0.114. The maximum absolute atomic E-state index is 11.7. The number of nitrogens with zero attached hydrogens (tertiary/aromatic N) is 4. The summed E-state index contributed by atoms with van der Waals surface area (Å²) in [6.45, 7) is 5.97. The zero-order valence-corrected chi connectivity index (χ0v) is 15.1. The highest BCUT2D eigenvalue weighted by atomic mass is 16.6. The number of ether oxygens (including phenoxy) is 1. The van der Waals surface area contributed by atoms with Gasteiger partial charge < -0.3 is 15.2 Å². The molecule has 0 aliphatic carbocycles. The van der Waals surface area contributed by atoms with Crippen LogP contribution in [0.15, 0.2) is 24.4 Å². The van der Waals surface area contributed by atoms with E-state index in [0.717, 1.165) is 5.69 Å². The number of carbonyl (C=O) groups is 2. The number of pyridine rings is 1. The summed E-state index contributed by atoms with van der Waals surface area (Å²) in [5, 5.41) is 19.6. The van der Waals surface area contributed by atoms with Crippen LogP contribution in [0.5, 0.6) is 0 Å². The zero-order chi connectivity index (χ0) is 19.2. The number of carboxylic acids is 1. The summed E-state index contributed by atoms with van der Waals surface area (Å²) < 4.78 is 6.69. The lowest BCUT2D eigenvalue weighted by Gasteiger charge is -2.19. The summed E-state index contributed by atoms with van der Waals surface area (Å²) in [5.74, 6) is -1.15. The molecule has 0 fully saturated rings. The van der Waals surface area contributed by atoms with E-state index in [2.05, 4.69) is 20.6 Å². The first-order valence-corrected chi connectivity index (χ1v) is 8.28. The Morgan fingerprint density at radius 2 is 2.04 bits per heavy atom. The minimum atomic E-state index is -1.15. The fraction of sp³-hybridized carbons (Fsp3) is 0.471. The SMILES string of the molecule is CC(C)(C)OC(=O)NCCc1c(C(=O)O)nnn1CCc1ccccn1. The predicted molar refractivity (Wildman–Crippen MR) is 92.9 cm³/mol. The third-order valence-electron chi connectivity index (χ3n) is 3.38. The zero-order valence-electron chi connectivity index (χ0n) is 15.1. The lowest BCUT2D eigenvalue weighted by molar-refractivity contribution is 0.0528. The summed E-state index contributed by atoms with van der Waals surface area (Å²) in [5.41, 5.74) is 0.613. The van der Waals surface area contributed by atoms with Crippen LogP contribution in [0.2, 0.25) is 0 Å². The molecule has 2 aromatic heterocycles. The maximum Gasteiger partial charge on any atom is 0.407 e. The molecule has 0 aromatic carbocycles. The number of hydrogen-bond donors (Lipinski definition) is 2. The summed E-state index contributed by atoms with van der Waals surface area (Å²) >= 11 is 0. The van der Waals surface area contributed by atoms with Crippen molar-refractivity contribution in [3.8, 4) is 0 Å². The van der Waals surface area contributed by atoms with Crippen molar-refractivity contribution in [2.45, 2.75) is 45.8 Å². The van der Waals surface area contributed by atoms with E-state index in [1.54, 1.807) is 27.0 Å². The number of alkyl carbamates (subject to hydrolysis) is 1. The molecule has 0 saturated carbocycles. The van der Waals surface area contributed by atoms with Crippen LogP contribution in [-0.2, 0) is 24.1 Å². The van der Waals surface area contributed by atoms with Gasteiger partial charge in [0.1, 0.15) is 5.60 Å². The standard InChI is InChI=1S/C17H23N5O4/c1-17(2,3)26-16(25)19-10-7-13-14(15(23)24)20-21-22(13)11-8-12-6-4-5-9-18-12/h4-6,9H,7-8,10-11H2,1-3H3,(H,19,25)(H,23,24). The second-order valence-electron chi connectivity index (χ2n) is 6.66. The number of aryl methyl sites for hydroxylation is 2. The molecule has 140 valence electrons. The Labute approximate surface area is 151 Å². The molecule has 0 spiro atoms. The summed E-state index contributed by atoms with van der Waals surface area (Å²) in [7, 11) is 0. The van der Waals surface area contributed by atoms with E-state index in [9.17, 15) is 14.7 Å². The Bertz CT molecular complexity index is 752. The van der Waals surface area contributed by atoms with Gasteiger partial charge in [0, 0.05) is 37.8 Å². The lowest BCUT2D eigenvalue weighted by Crippen LogP contribution is -2.34. The first-order chi connectivity index (χ1) is 12.3. The van der Waals surface area contributed by atoms with E-state index >= 15 is 0 Å². The van der Waals surface area contributed by atoms with Crippen molar-refractivity contribution in [3.63, 3.8) is 0 Å². The van der Waals surface area contributed by atoms with Crippen molar-refractivity contribution in [3.05, 3.63) is 41.5 Å². The molecule has 2 heterocycles. The number of amides is 1. The van der Waals surface area contributed by atoms with Gasteiger partial charge in [-0.15, -0.1) is 5.10 Å². The quantitative estimate of drug-likeness (QED) is 0.770. The van der Waals surface area contributed by atoms with E-state index in [-0.39, 0.29) is 18.7 Å². The average Bonchev–Trinajstić information content (AvgIpc) is 2.95. The van der Waals surface area contributed by atoms with Crippen LogP contribution in [0, 0.1) is 0 Å². The predicted octanol–water partition coefficient (Wildman–Crippen LogP) is 1.68. The van der Waals surface area contributed by atoms with Gasteiger partial charge in [-0.25, -0.2) is 14.3 Å². The molecule has 2 aromatic rings. The van der Waals surface area contributed by atoms with E-state index in [1.807, 2.05) is 18.2 Å². The highest BCUT2D eigenvalue weighted by Crippen LogP contribution is 2.09. The molecule has 0 saturated heterocycles. The third kappa shape index (κ3) is 5.83. The molecule has 0 aliphatic heterocycles. The number of nitrogens with one attached hydrogen (secondary N) is 1. The van der Waals surface area contributed by atoms with Crippen LogP contribution in [0.3, 0.4) is 0 Å². The molecule has 1 amide bonds. The van der Waals surface area contributed by atoms with Crippen LogP contribution in [0.4, 0.5) is 4.79 Å². The van der Waals surface area contributed by atoms with Crippen molar-refractivity contribution in [1.29, 1.82) is 0 Å². The van der Waals surface area contributed by atoms with E-state index in [0.29, 0.717) is 18.7 Å². The van der Waals surface area contributed by atoms with Crippen molar-refractivity contribution < 1.29 is 19.4 Å². The Hall–Kier alpha value is -2.97. The molecule has 26 heavy (non-hydrogen) atoms. The van der Waals surface area contributed by atoms with Gasteiger partial charge in [-0.1, -0.05) is 11.3 Å². The maximum atomic E-state index is 11.7. The molecule has 9 heteroatoms. The number of rotatable bonds is 7. The van der Waals surface area contributed by atoms with E-state index in [1.165, 1.54) is 4.68 Å². The van der Waals surface area contributed by atoms with Gasteiger partial charge in [0.25, 0.3) is 0 Å². The van der Waals surface area contributed by atoms with Crippen molar-refractivity contribution in [2.75, 3.05) is 6.54 Å². The van der Waals surface area contributed by atoms with E-state index in [4.69, 9.17) is 4.74 Å². The van der Waals surface area contributed by atoms with Gasteiger partial charge in [0.05, 0.1) is 5.69 Å². The van der Waals surface area contributed by atoms with Crippen LogP contribution in [0.25, 0.3) is 0 Å². The Balaban J connectivity index is 2.00. The number of hydrogen-bond acceptors (Lipinski definition) is 6. The molecule has 0 atom stereocenters. The summed E-state index contributed by atoms with van der Waals surface area (Å²) in [6.07, 6.45) is 2.01. The molecule has 0 radical (unpaired) electrons. The summed E-state index contributed by atoms with van der Waals surface area (Å²) in [6, 6.07) is 5.60. The van der Waals surface area contributed by atoms with Gasteiger partial charge in [0.15, 0.2) is 5.69 Å². The number of carbonyl (C=O) groups excluding carboxylic acids is 1. The highest BCUT2D eigenvalue weighted by molar-refractivity contribution is 5.86. The molecular weight excluding hydrogens is 338 g/mol. The monoisotopic (exact) mass is 361 g/mol. The number of aromatic nitrogens is 4. The molecular formula is C17H23N5O4. The van der Waals surface area contributed by atoms with Crippen molar-refractivity contribution >= 4 is 12.1 Å². The summed E-state index contributed by atoms with van der Waals surface area (Å²) in [4.78, 5) is 27.3. The molecule has 0 unspecified atom stereocenters. The van der Waals surface area contributed by atoms with Gasteiger partial charge in [-0.3, -0.25) is 4.98 Å². The first kappa shape index (κ1) is 19.4. The van der Waals surface area contributed by atoms with Gasteiger partial charge in [-0.2, -0.15) is 0 Å². The first-order valence-electron chi connectivity index (χ1n) is 8.28. The second-order valence-corrected chi connectivity index (χ2v) is 6.66. The van der Waals surface area contributed by atoms with Crippen molar-refractivity contribution in [1.82, 2.24) is 25.3 Å². The lowest BCUT2D eigenvalue weighted by atomic mass is 10.2.